The lowest BCUT2D eigenvalue weighted by atomic mass is 9.92. The van der Waals surface area contributed by atoms with Crippen molar-refractivity contribution in [3.63, 3.8) is 0 Å². The van der Waals surface area contributed by atoms with Crippen molar-refractivity contribution < 1.29 is 4.79 Å². The number of carbonyl (C=O) groups is 1. The molecule has 0 aliphatic heterocycles. The van der Waals surface area contributed by atoms with Crippen LogP contribution in [0.3, 0.4) is 0 Å². The summed E-state index contributed by atoms with van der Waals surface area (Å²) in [7, 11) is 0. The Bertz CT molecular complexity index is 315. The van der Waals surface area contributed by atoms with Gasteiger partial charge in [0.05, 0.1) is 0 Å². The predicted octanol–water partition coefficient (Wildman–Crippen LogP) is -0.196. The fourth-order valence-corrected chi connectivity index (χ4v) is 1.83. The average Bonchev–Trinajstić information content (AvgIpc) is 2.74. The molecule has 0 bridgehead atoms. The van der Waals surface area contributed by atoms with Crippen LogP contribution in [0.15, 0.2) is 6.33 Å². The topological polar surface area (TPSA) is 96.7 Å². The first kappa shape index (κ1) is 10.1. The van der Waals surface area contributed by atoms with Crippen LogP contribution >= 0.6 is 0 Å². The van der Waals surface area contributed by atoms with E-state index in [0.717, 1.165) is 25.7 Å². The summed E-state index contributed by atoms with van der Waals surface area (Å²) in [5.74, 6) is 0.0813. The average molecular weight is 209 g/mol. The molecule has 1 aliphatic rings. The number of hydrogen-bond donors (Lipinski definition) is 3. The molecule has 1 aliphatic carbocycles. The summed E-state index contributed by atoms with van der Waals surface area (Å²) < 4.78 is 0. The zero-order chi connectivity index (χ0) is 10.7. The van der Waals surface area contributed by atoms with Gasteiger partial charge in [-0.3, -0.25) is 4.79 Å². The first-order valence-corrected chi connectivity index (χ1v) is 5.18. The summed E-state index contributed by atoms with van der Waals surface area (Å²) in [6.07, 6.45) is 5.23. The van der Waals surface area contributed by atoms with Crippen molar-refractivity contribution in [3.05, 3.63) is 12.2 Å². The number of aromatic amines is 1. The van der Waals surface area contributed by atoms with Gasteiger partial charge in [0.15, 0.2) is 0 Å². The molecule has 1 aromatic rings. The molecule has 1 heterocycles. The van der Waals surface area contributed by atoms with Crippen molar-refractivity contribution in [3.8, 4) is 0 Å². The highest BCUT2D eigenvalue weighted by Gasteiger charge is 2.21. The molecule has 0 saturated heterocycles. The highest BCUT2D eigenvalue weighted by atomic mass is 16.2. The molecule has 6 heteroatoms. The maximum absolute atomic E-state index is 11.6. The second-order valence-electron chi connectivity index (χ2n) is 3.92. The van der Waals surface area contributed by atoms with Crippen molar-refractivity contribution in [2.24, 2.45) is 5.73 Å². The lowest BCUT2D eigenvalue weighted by molar-refractivity contribution is 0.0915. The molecule has 0 atom stereocenters. The minimum Gasteiger partial charge on any atom is -0.347 e. The van der Waals surface area contributed by atoms with Crippen LogP contribution in [0.2, 0.25) is 0 Å². The summed E-state index contributed by atoms with van der Waals surface area (Å²) in [5.41, 5.74) is 5.78. The Balaban J connectivity index is 1.85. The highest BCUT2D eigenvalue weighted by Crippen LogP contribution is 2.16. The Morgan fingerprint density at radius 3 is 2.80 bits per heavy atom. The van der Waals surface area contributed by atoms with E-state index < -0.39 is 0 Å². The molecule has 82 valence electrons. The van der Waals surface area contributed by atoms with Crippen LogP contribution in [0, 0.1) is 0 Å². The van der Waals surface area contributed by atoms with Gasteiger partial charge in [0.2, 0.25) is 5.82 Å². The number of aromatic nitrogens is 3. The molecule has 0 aromatic carbocycles. The zero-order valence-corrected chi connectivity index (χ0v) is 8.44. The third kappa shape index (κ3) is 2.53. The normalized spacial score (nSPS) is 26.2. The van der Waals surface area contributed by atoms with Gasteiger partial charge < -0.3 is 16.0 Å². The highest BCUT2D eigenvalue weighted by molar-refractivity contribution is 5.90. The summed E-state index contributed by atoms with van der Waals surface area (Å²) >= 11 is 0. The number of amides is 1. The minimum atomic E-state index is -0.187. The van der Waals surface area contributed by atoms with E-state index in [9.17, 15) is 4.79 Å². The maximum atomic E-state index is 11.6. The number of nitrogens with one attached hydrogen (secondary N) is 2. The monoisotopic (exact) mass is 209 g/mol. The first-order chi connectivity index (χ1) is 7.25. The third-order valence-electron chi connectivity index (χ3n) is 2.74. The summed E-state index contributed by atoms with van der Waals surface area (Å²) in [4.78, 5) is 14.3. The van der Waals surface area contributed by atoms with Crippen LogP contribution < -0.4 is 11.1 Å². The maximum Gasteiger partial charge on any atom is 0.289 e. The second-order valence-corrected chi connectivity index (χ2v) is 3.92. The van der Waals surface area contributed by atoms with E-state index in [0.29, 0.717) is 6.04 Å². The van der Waals surface area contributed by atoms with Crippen LogP contribution in [0.4, 0.5) is 0 Å². The van der Waals surface area contributed by atoms with Gasteiger partial charge in [-0.2, -0.15) is 0 Å². The molecule has 2 rings (SSSR count). The third-order valence-corrected chi connectivity index (χ3v) is 2.74. The van der Waals surface area contributed by atoms with E-state index in [1.54, 1.807) is 0 Å². The number of hydrogen-bond acceptors (Lipinski definition) is 4. The molecule has 1 fully saturated rings. The number of nitrogens with two attached hydrogens (primary N) is 1. The number of H-pyrrole nitrogens is 1. The molecular formula is C9H15N5O. The van der Waals surface area contributed by atoms with Gasteiger partial charge in [-0.25, -0.2) is 0 Å². The minimum absolute atomic E-state index is 0.187. The lowest BCUT2D eigenvalue weighted by Gasteiger charge is -2.26. The van der Waals surface area contributed by atoms with Gasteiger partial charge in [0, 0.05) is 12.1 Å². The molecule has 4 N–H and O–H groups in total. The summed E-state index contributed by atoms with van der Waals surface area (Å²) in [6, 6.07) is 0.519. The Labute approximate surface area is 87.6 Å². The van der Waals surface area contributed by atoms with Gasteiger partial charge in [0.1, 0.15) is 6.33 Å². The zero-order valence-electron chi connectivity index (χ0n) is 8.44. The SMILES string of the molecule is N[C@H]1CC[C@H](NC(=O)c2nnc[nH]2)CC1. The van der Waals surface area contributed by atoms with Gasteiger partial charge in [-0.15, -0.1) is 10.2 Å². The van der Waals surface area contributed by atoms with Crippen LogP contribution in [0.5, 0.6) is 0 Å². The Hall–Kier alpha value is -1.43. The van der Waals surface area contributed by atoms with E-state index in [2.05, 4.69) is 20.5 Å². The number of carbonyl (C=O) groups excluding carboxylic acids is 1. The largest absolute Gasteiger partial charge is 0.347 e. The Morgan fingerprint density at radius 1 is 1.47 bits per heavy atom. The molecular weight excluding hydrogens is 194 g/mol. The molecule has 1 aromatic heterocycles. The van der Waals surface area contributed by atoms with Gasteiger partial charge in [-0.1, -0.05) is 0 Å². The summed E-state index contributed by atoms with van der Waals surface area (Å²) in [6.45, 7) is 0. The number of rotatable bonds is 2. The van der Waals surface area contributed by atoms with Crippen LogP contribution in [0.25, 0.3) is 0 Å². The van der Waals surface area contributed by atoms with E-state index in [4.69, 9.17) is 5.73 Å². The molecule has 1 saturated carbocycles. The van der Waals surface area contributed by atoms with Crippen LogP contribution in [-0.4, -0.2) is 33.2 Å². The number of nitrogens with zero attached hydrogens (tertiary/aromatic N) is 2. The molecule has 15 heavy (non-hydrogen) atoms. The quantitative estimate of drug-likeness (QED) is 0.628. The predicted molar refractivity (Wildman–Crippen MR) is 54.1 cm³/mol. The van der Waals surface area contributed by atoms with Crippen molar-refractivity contribution in [1.29, 1.82) is 0 Å². The fourth-order valence-electron chi connectivity index (χ4n) is 1.83. The molecule has 0 spiro atoms. The van der Waals surface area contributed by atoms with Crippen molar-refractivity contribution in [2.45, 2.75) is 37.8 Å². The van der Waals surface area contributed by atoms with E-state index in [-0.39, 0.29) is 17.8 Å². The van der Waals surface area contributed by atoms with E-state index >= 15 is 0 Å². The molecule has 0 radical (unpaired) electrons. The smallest absolute Gasteiger partial charge is 0.289 e. The van der Waals surface area contributed by atoms with Crippen LogP contribution in [0.1, 0.15) is 36.3 Å². The van der Waals surface area contributed by atoms with Crippen molar-refractivity contribution >= 4 is 5.91 Å². The van der Waals surface area contributed by atoms with Crippen molar-refractivity contribution in [2.75, 3.05) is 0 Å². The van der Waals surface area contributed by atoms with E-state index in [1.807, 2.05) is 0 Å². The molecule has 1 amide bonds. The summed E-state index contributed by atoms with van der Waals surface area (Å²) in [5, 5.41) is 10.1. The van der Waals surface area contributed by atoms with E-state index in [1.165, 1.54) is 6.33 Å². The molecule has 6 nitrogen and oxygen atoms in total. The lowest BCUT2D eigenvalue weighted by Crippen LogP contribution is -2.40. The Kier molecular flexibility index (Phi) is 2.96. The standard InChI is InChI=1S/C9H15N5O/c10-6-1-3-7(4-2-6)13-9(15)8-11-5-12-14-8/h5-7H,1-4,10H2,(H,13,15)(H,11,12,14)/t6-,7-. The first-order valence-electron chi connectivity index (χ1n) is 5.18. The second kappa shape index (κ2) is 4.39. The Morgan fingerprint density at radius 2 is 2.20 bits per heavy atom. The van der Waals surface area contributed by atoms with Gasteiger partial charge >= 0.3 is 0 Å². The fraction of sp³-hybridized carbons (Fsp3) is 0.667. The van der Waals surface area contributed by atoms with Crippen LogP contribution in [-0.2, 0) is 0 Å². The molecule has 0 unspecified atom stereocenters. The van der Waals surface area contributed by atoms with Gasteiger partial charge in [-0.05, 0) is 25.7 Å². The van der Waals surface area contributed by atoms with Gasteiger partial charge in [0.25, 0.3) is 5.91 Å². The van der Waals surface area contributed by atoms with Crippen molar-refractivity contribution in [1.82, 2.24) is 20.5 Å².